The number of rotatable bonds is 8. The van der Waals surface area contributed by atoms with Crippen molar-refractivity contribution in [2.45, 2.75) is 16.6 Å². The summed E-state index contributed by atoms with van der Waals surface area (Å²) in [6, 6.07) is 28.4. The number of nitrogens with zero attached hydrogens (tertiary/aromatic N) is 1. The Bertz CT molecular complexity index is 1570. The van der Waals surface area contributed by atoms with Crippen LogP contribution in [0.1, 0.15) is 31.8 Å². The number of aromatic nitrogens is 1. The third-order valence-corrected chi connectivity index (χ3v) is 7.82. The molecular weight excluding hydrogens is 505 g/mol. The van der Waals surface area contributed by atoms with E-state index in [1.807, 2.05) is 48.5 Å². The maximum absolute atomic E-state index is 13.4. The van der Waals surface area contributed by atoms with E-state index in [2.05, 4.69) is 15.6 Å². The molecule has 0 atom stereocenters. The highest BCUT2D eigenvalue weighted by molar-refractivity contribution is 8.00. The van der Waals surface area contributed by atoms with E-state index in [0.717, 1.165) is 25.7 Å². The Hall–Kier alpha value is -4.01. The van der Waals surface area contributed by atoms with Gasteiger partial charge in [-0.15, -0.1) is 11.3 Å². The molecule has 5 aromatic rings. The summed E-state index contributed by atoms with van der Waals surface area (Å²) in [5.74, 6) is -0.315. The minimum absolute atomic E-state index is 0.252. The second-order valence-corrected chi connectivity index (χ2v) is 10.5. The highest BCUT2D eigenvalue weighted by Crippen LogP contribution is 2.33. The maximum atomic E-state index is 13.4. The summed E-state index contributed by atoms with van der Waals surface area (Å²) in [6.07, 6.45) is 0. The lowest BCUT2D eigenvalue weighted by Gasteiger charge is -2.11. The summed E-state index contributed by atoms with van der Waals surface area (Å²) < 4.78 is 15.2. The molecule has 0 aliphatic heterocycles. The zero-order chi connectivity index (χ0) is 25.6. The van der Waals surface area contributed by atoms with Gasteiger partial charge in [0.25, 0.3) is 11.8 Å². The Kier molecular flexibility index (Phi) is 7.58. The first kappa shape index (κ1) is 24.7. The van der Waals surface area contributed by atoms with Crippen LogP contribution in [0.5, 0.6) is 0 Å². The summed E-state index contributed by atoms with van der Waals surface area (Å²) in [6.45, 7) is 0.372. The van der Waals surface area contributed by atoms with E-state index in [4.69, 9.17) is 0 Å². The Morgan fingerprint density at radius 3 is 2.32 bits per heavy atom. The maximum Gasteiger partial charge on any atom is 0.256 e. The summed E-state index contributed by atoms with van der Waals surface area (Å²) in [5.41, 5.74) is 3.91. The lowest BCUT2D eigenvalue weighted by Crippen LogP contribution is -2.26. The highest BCUT2D eigenvalue weighted by atomic mass is 32.2. The predicted molar refractivity (Wildman–Crippen MR) is 148 cm³/mol. The average Bonchev–Trinajstić information content (AvgIpc) is 3.33. The van der Waals surface area contributed by atoms with Crippen LogP contribution in [0.3, 0.4) is 0 Å². The second kappa shape index (κ2) is 11.4. The van der Waals surface area contributed by atoms with Crippen molar-refractivity contribution in [1.82, 2.24) is 10.3 Å². The van der Waals surface area contributed by atoms with Gasteiger partial charge in [-0.1, -0.05) is 66.4 Å². The van der Waals surface area contributed by atoms with E-state index in [0.29, 0.717) is 29.1 Å². The molecule has 0 spiro atoms. The van der Waals surface area contributed by atoms with Gasteiger partial charge >= 0.3 is 0 Å². The minimum atomic E-state index is -0.366. The van der Waals surface area contributed by atoms with Crippen LogP contribution >= 0.6 is 23.1 Å². The number of halogens is 1. The minimum Gasteiger partial charge on any atom is -0.348 e. The van der Waals surface area contributed by atoms with Gasteiger partial charge in [-0.25, -0.2) is 9.37 Å². The van der Waals surface area contributed by atoms with Crippen molar-refractivity contribution < 1.29 is 14.0 Å². The van der Waals surface area contributed by atoms with E-state index in [9.17, 15) is 14.0 Å². The molecule has 4 aromatic carbocycles. The first-order valence-electron chi connectivity index (χ1n) is 11.6. The number of benzene rings is 4. The number of nitrogens with one attached hydrogen (secondary N) is 2. The molecule has 37 heavy (non-hydrogen) atoms. The van der Waals surface area contributed by atoms with Gasteiger partial charge in [0, 0.05) is 18.0 Å². The van der Waals surface area contributed by atoms with Gasteiger partial charge in [0.2, 0.25) is 0 Å². The van der Waals surface area contributed by atoms with Crippen molar-refractivity contribution in [2.24, 2.45) is 0 Å². The van der Waals surface area contributed by atoms with Crippen molar-refractivity contribution in [1.29, 1.82) is 0 Å². The highest BCUT2D eigenvalue weighted by Gasteiger charge is 2.17. The molecular formula is C29H22FN3O2S2. The molecule has 0 bridgehead atoms. The lowest BCUT2D eigenvalue weighted by atomic mass is 10.1. The standard InChI is InChI=1S/C29H22FN3O2S2/c30-21-10-6-9-20(15-21)18-36-29-33-25-14-13-22(16-26(25)37-29)32-28(35)24-12-5-4-11-23(24)27(34)31-17-19-7-2-1-3-8-19/h1-16H,17-18H2,(H,31,34)(H,32,35). The van der Waals surface area contributed by atoms with Crippen LogP contribution in [-0.4, -0.2) is 16.8 Å². The van der Waals surface area contributed by atoms with Gasteiger partial charge in [0.1, 0.15) is 5.82 Å². The van der Waals surface area contributed by atoms with Gasteiger partial charge in [-0.3, -0.25) is 9.59 Å². The molecule has 0 unspecified atom stereocenters. The molecule has 8 heteroatoms. The number of carbonyl (C=O) groups excluding carboxylic acids is 2. The second-order valence-electron chi connectivity index (χ2n) is 8.25. The van der Waals surface area contributed by atoms with Crippen LogP contribution in [0.15, 0.2) is 101 Å². The van der Waals surface area contributed by atoms with E-state index in [-0.39, 0.29) is 17.6 Å². The van der Waals surface area contributed by atoms with Crippen LogP contribution < -0.4 is 10.6 Å². The summed E-state index contributed by atoms with van der Waals surface area (Å²) in [7, 11) is 0. The van der Waals surface area contributed by atoms with Crippen LogP contribution in [0.2, 0.25) is 0 Å². The van der Waals surface area contributed by atoms with Gasteiger partial charge in [0.05, 0.1) is 21.3 Å². The largest absolute Gasteiger partial charge is 0.348 e. The molecule has 5 rings (SSSR count). The number of fused-ring (bicyclic) bond motifs is 1. The SMILES string of the molecule is O=C(NCc1ccccc1)c1ccccc1C(=O)Nc1ccc2nc(SCc3cccc(F)c3)sc2c1. The Balaban J connectivity index is 1.26. The fraction of sp³-hybridized carbons (Fsp3) is 0.0690. The van der Waals surface area contributed by atoms with Gasteiger partial charge < -0.3 is 10.6 Å². The first-order chi connectivity index (χ1) is 18.0. The average molecular weight is 528 g/mol. The Labute approximate surface area is 221 Å². The smallest absolute Gasteiger partial charge is 0.256 e. The Morgan fingerprint density at radius 1 is 0.811 bits per heavy atom. The zero-order valence-electron chi connectivity index (χ0n) is 19.6. The number of anilines is 1. The third-order valence-electron chi connectivity index (χ3n) is 5.59. The number of amides is 2. The normalized spacial score (nSPS) is 10.8. The molecule has 184 valence electrons. The van der Waals surface area contributed by atoms with Crippen molar-refractivity contribution in [3.63, 3.8) is 0 Å². The number of hydrogen-bond acceptors (Lipinski definition) is 5. The van der Waals surface area contributed by atoms with E-state index in [1.54, 1.807) is 48.2 Å². The van der Waals surface area contributed by atoms with Gasteiger partial charge in [-0.05, 0) is 53.6 Å². The molecule has 0 aliphatic carbocycles. The molecule has 1 aromatic heterocycles. The van der Waals surface area contributed by atoms with Crippen LogP contribution in [0, 0.1) is 5.82 Å². The van der Waals surface area contributed by atoms with Gasteiger partial charge in [0.15, 0.2) is 4.34 Å². The molecule has 1 heterocycles. The fourth-order valence-electron chi connectivity index (χ4n) is 3.77. The van der Waals surface area contributed by atoms with Crippen molar-refractivity contribution in [3.8, 4) is 0 Å². The lowest BCUT2D eigenvalue weighted by molar-refractivity contribution is 0.0938. The molecule has 0 saturated heterocycles. The predicted octanol–water partition coefficient (Wildman–Crippen LogP) is 6.91. The Morgan fingerprint density at radius 2 is 1.54 bits per heavy atom. The van der Waals surface area contributed by atoms with E-state index >= 15 is 0 Å². The molecule has 0 saturated carbocycles. The van der Waals surface area contributed by atoms with Crippen LogP contribution in [-0.2, 0) is 12.3 Å². The summed E-state index contributed by atoms with van der Waals surface area (Å²) >= 11 is 3.05. The number of hydrogen-bond donors (Lipinski definition) is 2. The zero-order valence-corrected chi connectivity index (χ0v) is 21.2. The number of carbonyl (C=O) groups is 2. The van der Waals surface area contributed by atoms with Crippen LogP contribution in [0.4, 0.5) is 10.1 Å². The van der Waals surface area contributed by atoms with Crippen molar-refractivity contribution in [3.05, 3.63) is 125 Å². The van der Waals surface area contributed by atoms with E-state index < -0.39 is 0 Å². The molecule has 5 nitrogen and oxygen atoms in total. The molecule has 2 amide bonds. The number of thiazole rings is 1. The van der Waals surface area contributed by atoms with Gasteiger partial charge in [-0.2, -0.15) is 0 Å². The topological polar surface area (TPSA) is 71.1 Å². The summed E-state index contributed by atoms with van der Waals surface area (Å²) in [4.78, 5) is 30.6. The molecule has 0 fully saturated rings. The quantitative estimate of drug-likeness (QED) is 0.215. The van der Waals surface area contributed by atoms with Crippen molar-refractivity contribution in [2.75, 3.05) is 5.32 Å². The molecule has 2 N–H and O–H groups in total. The van der Waals surface area contributed by atoms with Crippen molar-refractivity contribution >= 4 is 50.8 Å². The first-order valence-corrected chi connectivity index (χ1v) is 13.4. The third kappa shape index (κ3) is 6.22. The fourth-order valence-corrected chi connectivity index (χ4v) is 5.82. The molecule has 0 aliphatic rings. The molecule has 0 radical (unpaired) electrons. The number of thioether (sulfide) groups is 1. The van der Waals surface area contributed by atoms with E-state index in [1.165, 1.54) is 23.5 Å². The summed E-state index contributed by atoms with van der Waals surface area (Å²) in [5, 5.41) is 5.78. The van der Waals surface area contributed by atoms with Crippen LogP contribution in [0.25, 0.3) is 10.2 Å². The monoisotopic (exact) mass is 527 g/mol.